The van der Waals surface area contributed by atoms with E-state index in [2.05, 4.69) is 5.32 Å². The van der Waals surface area contributed by atoms with Gasteiger partial charge in [0.2, 0.25) is 0 Å². The fourth-order valence-electron chi connectivity index (χ4n) is 3.18. The van der Waals surface area contributed by atoms with Gasteiger partial charge in [-0.1, -0.05) is 24.3 Å². The van der Waals surface area contributed by atoms with Crippen LogP contribution in [0.15, 0.2) is 66.7 Å². The molecule has 0 aliphatic heterocycles. The molecule has 0 saturated heterocycles. The quantitative estimate of drug-likeness (QED) is 0.300. The van der Waals surface area contributed by atoms with Crippen LogP contribution < -0.4 is 10.1 Å². The lowest BCUT2D eigenvalue weighted by molar-refractivity contribution is 0.00695. The lowest BCUT2D eigenvalue weighted by atomic mass is 10.0. The molecule has 35 heavy (non-hydrogen) atoms. The third-order valence-electron chi connectivity index (χ3n) is 4.52. The predicted molar refractivity (Wildman–Crippen MR) is 135 cm³/mol. The Kier molecular flexibility index (Phi) is 7.39. The van der Waals surface area contributed by atoms with Gasteiger partial charge in [-0.05, 0) is 89.1 Å². The second kappa shape index (κ2) is 10.1. The number of aromatic hydroxyl groups is 1. The number of rotatable bonds is 5. The third-order valence-corrected chi connectivity index (χ3v) is 4.52. The molecule has 0 aromatic heterocycles. The molecule has 7 heteroatoms. The maximum atomic E-state index is 12.9. The Hall–Kier alpha value is -4.00. The van der Waals surface area contributed by atoms with Gasteiger partial charge in [-0.2, -0.15) is 0 Å². The molecule has 7 nitrogen and oxygen atoms in total. The minimum absolute atomic E-state index is 0.0944. The van der Waals surface area contributed by atoms with Crippen LogP contribution in [0.25, 0.3) is 11.1 Å². The van der Waals surface area contributed by atoms with Crippen LogP contribution in [0, 0.1) is 0 Å². The molecule has 0 bridgehead atoms. The lowest BCUT2D eigenvalue weighted by Gasteiger charge is -2.21. The van der Waals surface area contributed by atoms with Gasteiger partial charge in [-0.15, -0.1) is 0 Å². The van der Waals surface area contributed by atoms with Crippen LogP contribution in [0.1, 0.15) is 51.9 Å². The molecule has 0 aliphatic carbocycles. The second-order valence-corrected chi connectivity index (χ2v) is 10.0. The van der Waals surface area contributed by atoms with Gasteiger partial charge in [0.25, 0.3) is 0 Å². The standard InChI is InChI=1S/C28H31NO6/c1-27(2,3)34-25(31)23-14-13-19(16-24(23)29-20-10-8-11-21(30)17-20)18-9-7-12-22(15-18)33-26(32)35-28(4,5)6/h7-17,29-30H,1-6H3. The fourth-order valence-corrected chi connectivity index (χ4v) is 3.18. The van der Waals surface area contributed by atoms with E-state index in [1.54, 1.807) is 102 Å². The molecule has 0 fully saturated rings. The third kappa shape index (κ3) is 7.78. The summed E-state index contributed by atoms with van der Waals surface area (Å²) in [6, 6.07) is 18.9. The Bertz CT molecular complexity index is 1220. The summed E-state index contributed by atoms with van der Waals surface area (Å²) in [6.45, 7) is 10.7. The molecule has 3 rings (SSSR count). The molecule has 3 aromatic carbocycles. The highest BCUT2D eigenvalue weighted by atomic mass is 16.7. The number of carbonyl (C=O) groups is 2. The molecule has 3 aromatic rings. The zero-order valence-electron chi connectivity index (χ0n) is 20.8. The van der Waals surface area contributed by atoms with Crippen molar-refractivity contribution in [3.8, 4) is 22.6 Å². The minimum atomic E-state index is -0.791. The number of phenols is 1. The van der Waals surface area contributed by atoms with Gasteiger partial charge in [0, 0.05) is 11.8 Å². The largest absolute Gasteiger partial charge is 0.514 e. The van der Waals surface area contributed by atoms with Gasteiger partial charge in [0.15, 0.2) is 0 Å². The number of esters is 1. The molecular formula is C28H31NO6. The van der Waals surface area contributed by atoms with Crippen LogP contribution in [0.4, 0.5) is 16.2 Å². The predicted octanol–water partition coefficient (Wildman–Crippen LogP) is 7.07. The van der Waals surface area contributed by atoms with E-state index in [0.29, 0.717) is 22.7 Å². The van der Waals surface area contributed by atoms with Gasteiger partial charge in [-0.25, -0.2) is 9.59 Å². The second-order valence-electron chi connectivity index (χ2n) is 10.0. The summed E-state index contributed by atoms with van der Waals surface area (Å²) in [7, 11) is 0. The van der Waals surface area contributed by atoms with Gasteiger partial charge in [-0.3, -0.25) is 0 Å². The summed E-state index contributed by atoms with van der Waals surface area (Å²) in [5.41, 5.74) is 1.66. The van der Waals surface area contributed by atoms with Crippen molar-refractivity contribution in [1.82, 2.24) is 0 Å². The number of nitrogens with one attached hydrogen (secondary N) is 1. The molecule has 2 N–H and O–H groups in total. The van der Waals surface area contributed by atoms with Gasteiger partial charge < -0.3 is 24.6 Å². The highest BCUT2D eigenvalue weighted by molar-refractivity contribution is 5.98. The molecule has 0 aliphatic rings. The van der Waals surface area contributed by atoms with E-state index in [1.807, 2.05) is 6.07 Å². The summed E-state index contributed by atoms with van der Waals surface area (Å²) in [5, 5.41) is 13.0. The lowest BCUT2D eigenvalue weighted by Crippen LogP contribution is -2.25. The van der Waals surface area contributed by atoms with Gasteiger partial charge >= 0.3 is 12.1 Å². The molecule has 0 heterocycles. The molecular weight excluding hydrogens is 446 g/mol. The summed E-state index contributed by atoms with van der Waals surface area (Å²) in [6.07, 6.45) is -0.791. The number of hydrogen-bond acceptors (Lipinski definition) is 7. The van der Waals surface area contributed by atoms with Crippen molar-refractivity contribution in [1.29, 1.82) is 0 Å². The van der Waals surface area contributed by atoms with Gasteiger partial charge in [0.05, 0.1) is 11.3 Å². The minimum Gasteiger partial charge on any atom is -0.508 e. The van der Waals surface area contributed by atoms with E-state index in [-0.39, 0.29) is 5.75 Å². The van der Waals surface area contributed by atoms with E-state index < -0.39 is 23.3 Å². The molecule has 0 amide bonds. The summed E-state index contributed by atoms with van der Waals surface area (Å²) < 4.78 is 16.1. The van der Waals surface area contributed by atoms with E-state index in [4.69, 9.17) is 14.2 Å². The Balaban J connectivity index is 1.96. The summed E-state index contributed by atoms with van der Waals surface area (Å²) in [4.78, 5) is 25.0. The molecule has 0 spiro atoms. The number of carbonyl (C=O) groups excluding carboxylic acids is 2. The number of anilines is 2. The normalized spacial score (nSPS) is 11.5. The first-order valence-electron chi connectivity index (χ1n) is 11.2. The number of phenolic OH excluding ortho intramolecular Hbond substituents is 1. The van der Waals surface area contributed by atoms with E-state index in [0.717, 1.165) is 11.1 Å². The number of ether oxygens (including phenoxy) is 3. The highest BCUT2D eigenvalue weighted by Crippen LogP contribution is 2.32. The molecule has 0 unspecified atom stereocenters. The monoisotopic (exact) mass is 477 g/mol. The zero-order chi connectivity index (χ0) is 25.8. The van der Waals surface area contributed by atoms with Crippen LogP contribution in [-0.4, -0.2) is 28.4 Å². The van der Waals surface area contributed by atoms with E-state index >= 15 is 0 Å². The van der Waals surface area contributed by atoms with Crippen molar-refractivity contribution in [2.75, 3.05) is 5.32 Å². The average molecular weight is 478 g/mol. The smallest absolute Gasteiger partial charge is 0.508 e. The Morgan fingerprint density at radius 1 is 0.771 bits per heavy atom. The average Bonchev–Trinajstić information content (AvgIpc) is 2.71. The van der Waals surface area contributed by atoms with Crippen molar-refractivity contribution < 1.29 is 28.9 Å². The zero-order valence-corrected chi connectivity index (χ0v) is 20.8. The maximum Gasteiger partial charge on any atom is 0.514 e. The molecule has 0 atom stereocenters. The van der Waals surface area contributed by atoms with Crippen LogP contribution in [0.5, 0.6) is 11.5 Å². The number of hydrogen-bond donors (Lipinski definition) is 2. The summed E-state index contributed by atoms with van der Waals surface area (Å²) >= 11 is 0. The van der Waals surface area contributed by atoms with Crippen LogP contribution in [0.3, 0.4) is 0 Å². The first kappa shape index (κ1) is 25.6. The Labute approximate surface area is 205 Å². The van der Waals surface area contributed by atoms with Crippen molar-refractivity contribution >= 4 is 23.5 Å². The van der Waals surface area contributed by atoms with Crippen LogP contribution >= 0.6 is 0 Å². The topological polar surface area (TPSA) is 94.1 Å². The van der Waals surface area contributed by atoms with Crippen molar-refractivity contribution in [3.63, 3.8) is 0 Å². The molecule has 0 radical (unpaired) electrons. The van der Waals surface area contributed by atoms with E-state index in [1.165, 1.54) is 0 Å². The fraction of sp³-hybridized carbons (Fsp3) is 0.286. The Morgan fingerprint density at radius 2 is 1.43 bits per heavy atom. The highest BCUT2D eigenvalue weighted by Gasteiger charge is 2.22. The molecule has 184 valence electrons. The van der Waals surface area contributed by atoms with Gasteiger partial charge in [0.1, 0.15) is 22.7 Å². The first-order valence-corrected chi connectivity index (χ1v) is 11.2. The van der Waals surface area contributed by atoms with Crippen LogP contribution in [-0.2, 0) is 9.47 Å². The van der Waals surface area contributed by atoms with Crippen molar-refractivity contribution in [2.45, 2.75) is 52.7 Å². The van der Waals surface area contributed by atoms with Crippen LogP contribution in [0.2, 0.25) is 0 Å². The SMILES string of the molecule is CC(C)(C)OC(=O)Oc1cccc(-c2ccc(C(=O)OC(C)(C)C)c(Nc3cccc(O)c3)c2)c1. The van der Waals surface area contributed by atoms with Crippen molar-refractivity contribution in [2.24, 2.45) is 0 Å². The Morgan fingerprint density at radius 3 is 2.09 bits per heavy atom. The maximum absolute atomic E-state index is 12.9. The summed E-state index contributed by atoms with van der Waals surface area (Å²) in [5.74, 6) is -0.0545. The first-order chi connectivity index (χ1) is 16.3. The number of benzene rings is 3. The molecule has 0 saturated carbocycles. The van der Waals surface area contributed by atoms with Crippen molar-refractivity contribution in [3.05, 3.63) is 72.3 Å². The van der Waals surface area contributed by atoms with E-state index in [9.17, 15) is 14.7 Å².